The maximum absolute atomic E-state index is 13.6. The Labute approximate surface area is 107 Å². The summed E-state index contributed by atoms with van der Waals surface area (Å²) < 4.78 is 26.6. The summed E-state index contributed by atoms with van der Waals surface area (Å²) in [5, 5.41) is -0.285. The van der Waals surface area contributed by atoms with Gasteiger partial charge in [0.05, 0.1) is 5.69 Å². The van der Waals surface area contributed by atoms with Crippen LogP contribution < -0.4 is 4.90 Å². The Balaban J connectivity index is 2.21. The second-order valence-corrected chi connectivity index (χ2v) is 5.51. The van der Waals surface area contributed by atoms with Crippen LogP contribution in [0, 0.1) is 11.6 Å². The van der Waals surface area contributed by atoms with Crippen molar-refractivity contribution >= 4 is 28.5 Å². The van der Waals surface area contributed by atoms with E-state index in [-0.39, 0.29) is 34.9 Å². The van der Waals surface area contributed by atoms with E-state index in [1.165, 1.54) is 11.8 Å². The smallest absolute Gasteiger partial charge is 0.228 e. The van der Waals surface area contributed by atoms with Gasteiger partial charge in [0.1, 0.15) is 11.6 Å². The fraction of sp³-hybridized carbons (Fsp3) is 0.333. The molecule has 1 amide bonds. The highest BCUT2D eigenvalue weighted by Gasteiger charge is 2.33. The average Bonchev–Trinajstić information content (AvgIpc) is 2.62. The van der Waals surface area contributed by atoms with E-state index in [2.05, 4.69) is 0 Å². The van der Waals surface area contributed by atoms with Gasteiger partial charge in [0.25, 0.3) is 0 Å². The Bertz CT molecular complexity index is 507. The molecule has 18 heavy (non-hydrogen) atoms. The maximum atomic E-state index is 13.6. The lowest BCUT2D eigenvalue weighted by atomic mass is 10.2. The highest BCUT2D eigenvalue weighted by Crippen LogP contribution is 2.30. The van der Waals surface area contributed by atoms with Crippen LogP contribution in [0.5, 0.6) is 0 Å². The molecule has 1 heterocycles. The minimum atomic E-state index is -0.641. The van der Waals surface area contributed by atoms with Gasteiger partial charge in [0.2, 0.25) is 5.91 Å². The molecule has 1 fully saturated rings. The van der Waals surface area contributed by atoms with Crippen LogP contribution in [0.25, 0.3) is 0 Å². The first-order valence-corrected chi connectivity index (χ1v) is 6.28. The quantitative estimate of drug-likeness (QED) is 0.828. The topological polar surface area (TPSA) is 37.4 Å². The molecule has 1 aliphatic heterocycles. The second kappa shape index (κ2) is 5.06. The number of amides is 1. The summed E-state index contributed by atoms with van der Waals surface area (Å²) in [5.74, 6) is -1.53. The summed E-state index contributed by atoms with van der Waals surface area (Å²) in [6.07, 6.45) is 0.167. The van der Waals surface area contributed by atoms with Gasteiger partial charge in [-0.05, 0) is 12.1 Å². The molecule has 0 aromatic heterocycles. The monoisotopic (exact) mass is 271 g/mol. The number of rotatable bonds is 2. The number of nitrogens with zero attached hydrogens (tertiary/aromatic N) is 1. The van der Waals surface area contributed by atoms with Gasteiger partial charge in [-0.15, -0.1) is 0 Å². The van der Waals surface area contributed by atoms with Gasteiger partial charge in [-0.25, -0.2) is 8.78 Å². The van der Waals surface area contributed by atoms with Crippen molar-refractivity contribution in [2.24, 2.45) is 0 Å². The summed E-state index contributed by atoms with van der Waals surface area (Å²) >= 11 is 1.06. The third kappa shape index (κ3) is 2.69. The van der Waals surface area contributed by atoms with Crippen LogP contribution in [0.1, 0.15) is 13.3 Å². The van der Waals surface area contributed by atoms with Crippen LogP contribution in [0.15, 0.2) is 18.2 Å². The largest absolute Gasteiger partial charge is 0.308 e. The maximum Gasteiger partial charge on any atom is 0.228 e. The lowest BCUT2D eigenvalue weighted by Gasteiger charge is -2.17. The molecule has 3 nitrogen and oxygen atoms in total. The van der Waals surface area contributed by atoms with E-state index in [1.54, 1.807) is 0 Å². The van der Waals surface area contributed by atoms with E-state index < -0.39 is 11.6 Å². The van der Waals surface area contributed by atoms with Crippen LogP contribution in [0.2, 0.25) is 0 Å². The minimum Gasteiger partial charge on any atom is -0.308 e. The normalized spacial score (nSPS) is 19.4. The van der Waals surface area contributed by atoms with Gasteiger partial charge >= 0.3 is 0 Å². The summed E-state index contributed by atoms with van der Waals surface area (Å²) in [6, 6.07) is 2.98. The fourth-order valence-electron chi connectivity index (χ4n) is 1.91. The molecule has 0 spiro atoms. The van der Waals surface area contributed by atoms with Gasteiger partial charge in [0.15, 0.2) is 5.12 Å². The summed E-state index contributed by atoms with van der Waals surface area (Å²) in [6.45, 7) is 1.64. The Hall–Kier alpha value is -1.43. The molecule has 0 bridgehead atoms. The summed E-state index contributed by atoms with van der Waals surface area (Å²) in [7, 11) is 0. The molecule has 0 saturated carbocycles. The molecule has 0 aliphatic carbocycles. The second-order valence-electron chi connectivity index (χ2n) is 4.04. The number of thioether (sulfide) groups is 1. The summed E-state index contributed by atoms with van der Waals surface area (Å²) in [4.78, 5) is 23.9. The highest BCUT2D eigenvalue weighted by molar-refractivity contribution is 8.14. The van der Waals surface area contributed by atoms with Crippen molar-refractivity contribution in [1.82, 2.24) is 0 Å². The van der Waals surface area contributed by atoms with Crippen molar-refractivity contribution in [3.8, 4) is 0 Å². The predicted molar refractivity (Wildman–Crippen MR) is 65.4 cm³/mol. The molecule has 6 heteroatoms. The van der Waals surface area contributed by atoms with Crippen molar-refractivity contribution in [1.29, 1.82) is 0 Å². The molecule has 0 N–H and O–H groups in total. The Morgan fingerprint density at radius 3 is 2.83 bits per heavy atom. The van der Waals surface area contributed by atoms with Gasteiger partial charge in [0, 0.05) is 31.2 Å². The molecule has 1 aromatic rings. The first-order chi connectivity index (χ1) is 8.47. The molecule has 1 saturated heterocycles. The molecular formula is C12H11F2NO2S. The first kappa shape index (κ1) is 13.0. The number of hydrogen-bond donors (Lipinski definition) is 0. The summed E-state index contributed by atoms with van der Waals surface area (Å²) in [5.41, 5.74) is -0.0633. The van der Waals surface area contributed by atoms with Crippen molar-refractivity contribution in [3.63, 3.8) is 0 Å². The van der Waals surface area contributed by atoms with E-state index in [4.69, 9.17) is 0 Å². The molecule has 1 unspecified atom stereocenters. The lowest BCUT2D eigenvalue weighted by molar-refractivity contribution is -0.117. The molecule has 1 atom stereocenters. The lowest BCUT2D eigenvalue weighted by Crippen LogP contribution is -2.26. The molecule has 96 valence electrons. The van der Waals surface area contributed by atoms with Gasteiger partial charge < -0.3 is 4.90 Å². The number of halogens is 2. The van der Waals surface area contributed by atoms with Crippen molar-refractivity contribution < 1.29 is 18.4 Å². The number of carbonyl (C=O) groups excluding carboxylic acids is 2. The van der Waals surface area contributed by atoms with E-state index in [1.807, 2.05) is 0 Å². The van der Waals surface area contributed by atoms with Gasteiger partial charge in [-0.1, -0.05) is 11.8 Å². The van der Waals surface area contributed by atoms with Gasteiger partial charge in [-0.2, -0.15) is 0 Å². The van der Waals surface area contributed by atoms with Crippen LogP contribution in [0.4, 0.5) is 14.5 Å². The average molecular weight is 271 g/mol. The Morgan fingerprint density at radius 1 is 1.44 bits per heavy atom. The number of anilines is 1. The zero-order chi connectivity index (χ0) is 13.3. The van der Waals surface area contributed by atoms with E-state index in [0.29, 0.717) is 0 Å². The third-order valence-electron chi connectivity index (χ3n) is 2.62. The minimum absolute atomic E-state index is 0.0633. The third-order valence-corrected chi connectivity index (χ3v) is 3.60. The molecule has 1 aliphatic rings. The van der Waals surface area contributed by atoms with Crippen molar-refractivity contribution in [3.05, 3.63) is 29.8 Å². The van der Waals surface area contributed by atoms with Crippen LogP contribution in [-0.4, -0.2) is 22.8 Å². The standard InChI is InChI=1S/C12H11F2NO2S/c1-7(16)18-9-5-12(17)15(6-9)11-4-8(13)2-3-10(11)14/h2-4,9H,5-6H2,1H3. The molecule has 0 radical (unpaired) electrons. The predicted octanol–water partition coefficient (Wildman–Crippen LogP) is 2.35. The van der Waals surface area contributed by atoms with Crippen LogP contribution in [0.3, 0.4) is 0 Å². The fourth-order valence-corrected chi connectivity index (χ4v) is 2.83. The van der Waals surface area contributed by atoms with Gasteiger partial charge in [-0.3, -0.25) is 9.59 Å². The van der Waals surface area contributed by atoms with Crippen molar-refractivity contribution in [2.75, 3.05) is 11.4 Å². The number of carbonyl (C=O) groups is 2. The Kier molecular flexibility index (Phi) is 3.65. The number of benzene rings is 1. The molecule has 2 rings (SSSR count). The highest BCUT2D eigenvalue weighted by atomic mass is 32.2. The molecular weight excluding hydrogens is 260 g/mol. The Morgan fingerprint density at radius 2 is 2.17 bits per heavy atom. The number of hydrogen-bond acceptors (Lipinski definition) is 3. The SMILES string of the molecule is CC(=O)SC1CC(=O)N(c2cc(F)ccc2F)C1. The van der Waals surface area contributed by atoms with E-state index in [9.17, 15) is 18.4 Å². The first-order valence-electron chi connectivity index (χ1n) is 5.40. The zero-order valence-electron chi connectivity index (χ0n) is 9.65. The van der Waals surface area contributed by atoms with Crippen molar-refractivity contribution in [2.45, 2.75) is 18.6 Å². The van der Waals surface area contributed by atoms with E-state index >= 15 is 0 Å². The van der Waals surface area contributed by atoms with Crippen LogP contribution in [-0.2, 0) is 9.59 Å². The molecule has 1 aromatic carbocycles. The van der Waals surface area contributed by atoms with E-state index in [0.717, 1.165) is 30.0 Å². The van der Waals surface area contributed by atoms with Crippen LogP contribution >= 0.6 is 11.8 Å². The zero-order valence-corrected chi connectivity index (χ0v) is 10.5.